The zero-order chi connectivity index (χ0) is 20.3. The van der Waals surface area contributed by atoms with Gasteiger partial charge in [-0.15, -0.1) is 0 Å². The molecular weight excluding hydrogens is 359 g/mol. The number of rotatable bonds is 7. The Morgan fingerprint density at radius 3 is 2.39 bits per heavy atom. The maximum atomic E-state index is 13.6. The number of benzene rings is 2. The van der Waals surface area contributed by atoms with E-state index < -0.39 is 11.7 Å². The molecule has 2 amide bonds. The molecule has 6 heteroatoms. The Labute approximate surface area is 163 Å². The summed E-state index contributed by atoms with van der Waals surface area (Å²) in [6, 6.07) is 12.8. The van der Waals surface area contributed by atoms with Gasteiger partial charge in [0.2, 0.25) is 0 Å². The molecule has 0 unspecified atom stereocenters. The van der Waals surface area contributed by atoms with Crippen LogP contribution in [0, 0.1) is 11.7 Å². The highest BCUT2D eigenvalue weighted by Crippen LogP contribution is 2.32. The number of hydrogen-bond donors (Lipinski definition) is 1. The van der Waals surface area contributed by atoms with Gasteiger partial charge in [-0.25, -0.2) is 4.39 Å². The maximum Gasteiger partial charge on any atom is 0.278 e. The second-order valence-corrected chi connectivity index (χ2v) is 6.96. The van der Waals surface area contributed by atoms with Crippen LogP contribution in [0.5, 0.6) is 5.75 Å². The van der Waals surface area contributed by atoms with Crippen LogP contribution in [0.4, 0.5) is 10.1 Å². The molecule has 1 N–H and O–H groups in total. The number of anilines is 1. The van der Waals surface area contributed by atoms with Crippen molar-refractivity contribution in [3.05, 3.63) is 65.6 Å². The normalized spacial score (nSPS) is 14.2. The van der Waals surface area contributed by atoms with Gasteiger partial charge in [0.05, 0.1) is 12.2 Å². The van der Waals surface area contributed by atoms with Crippen molar-refractivity contribution < 1.29 is 18.7 Å². The van der Waals surface area contributed by atoms with Crippen LogP contribution in [0.3, 0.4) is 0 Å². The molecule has 1 aliphatic heterocycles. The third-order valence-electron chi connectivity index (χ3n) is 4.26. The summed E-state index contributed by atoms with van der Waals surface area (Å²) < 4.78 is 19.0. The van der Waals surface area contributed by atoms with Crippen LogP contribution in [0.25, 0.3) is 5.57 Å². The zero-order valence-electron chi connectivity index (χ0n) is 16.2. The summed E-state index contributed by atoms with van der Waals surface area (Å²) in [4.78, 5) is 27.2. The molecule has 0 radical (unpaired) electrons. The third-order valence-corrected chi connectivity index (χ3v) is 4.26. The van der Waals surface area contributed by atoms with Gasteiger partial charge in [-0.3, -0.25) is 14.5 Å². The molecule has 0 saturated heterocycles. The second-order valence-electron chi connectivity index (χ2n) is 6.96. The zero-order valence-corrected chi connectivity index (χ0v) is 16.2. The standard InChI is InChI=1S/C22H23FN2O3/c1-4-28-18-10-8-15(9-11-18)19-20(24-17-7-5-6-16(23)12-17)22(27)25(21(19)26)13-14(2)3/h5-12,14,24H,4,13H2,1-3H3. The first kappa shape index (κ1) is 19.6. The number of halogens is 1. The van der Waals surface area contributed by atoms with Gasteiger partial charge in [-0.1, -0.05) is 32.0 Å². The van der Waals surface area contributed by atoms with Crippen LogP contribution in [-0.2, 0) is 9.59 Å². The van der Waals surface area contributed by atoms with E-state index in [1.165, 1.54) is 17.0 Å². The minimum atomic E-state index is -0.427. The molecule has 0 bridgehead atoms. The summed E-state index contributed by atoms with van der Waals surface area (Å²) in [5, 5.41) is 2.95. The highest BCUT2D eigenvalue weighted by atomic mass is 19.1. The number of carbonyl (C=O) groups excluding carboxylic acids is 2. The number of amides is 2. The molecule has 0 atom stereocenters. The van der Waals surface area contributed by atoms with E-state index in [0.29, 0.717) is 30.2 Å². The summed E-state index contributed by atoms with van der Waals surface area (Å²) in [5.74, 6) is -0.386. The molecule has 2 aromatic rings. The van der Waals surface area contributed by atoms with Crippen LogP contribution < -0.4 is 10.1 Å². The number of nitrogens with zero attached hydrogens (tertiary/aromatic N) is 1. The van der Waals surface area contributed by atoms with Crippen molar-refractivity contribution in [2.75, 3.05) is 18.5 Å². The van der Waals surface area contributed by atoms with E-state index >= 15 is 0 Å². The molecule has 3 rings (SSSR count). The molecule has 1 heterocycles. The first-order chi connectivity index (χ1) is 13.4. The van der Waals surface area contributed by atoms with E-state index in [4.69, 9.17) is 4.74 Å². The minimum absolute atomic E-state index is 0.128. The predicted octanol–water partition coefficient (Wildman–Crippen LogP) is 4.07. The van der Waals surface area contributed by atoms with Crippen molar-refractivity contribution in [3.63, 3.8) is 0 Å². The van der Waals surface area contributed by atoms with Gasteiger partial charge < -0.3 is 10.1 Å². The molecule has 0 saturated carbocycles. The van der Waals surface area contributed by atoms with E-state index in [0.717, 1.165) is 0 Å². The number of imide groups is 1. The third kappa shape index (κ3) is 4.06. The average molecular weight is 382 g/mol. The minimum Gasteiger partial charge on any atom is -0.494 e. The Hall–Kier alpha value is -3.15. The fraction of sp³-hybridized carbons (Fsp3) is 0.273. The smallest absolute Gasteiger partial charge is 0.278 e. The molecule has 146 valence electrons. The van der Waals surface area contributed by atoms with Gasteiger partial charge in [0.25, 0.3) is 11.8 Å². The molecule has 1 aliphatic rings. The van der Waals surface area contributed by atoms with Crippen molar-refractivity contribution in [1.82, 2.24) is 4.90 Å². The predicted molar refractivity (Wildman–Crippen MR) is 106 cm³/mol. The molecule has 2 aromatic carbocycles. The van der Waals surface area contributed by atoms with E-state index in [-0.39, 0.29) is 23.1 Å². The van der Waals surface area contributed by atoms with E-state index in [1.807, 2.05) is 20.8 Å². The fourth-order valence-corrected chi connectivity index (χ4v) is 3.09. The van der Waals surface area contributed by atoms with Gasteiger partial charge in [-0.05, 0) is 48.7 Å². The quantitative estimate of drug-likeness (QED) is 0.734. The fourth-order valence-electron chi connectivity index (χ4n) is 3.09. The Morgan fingerprint density at radius 1 is 1.07 bits per heavy atom. The average Bonchev–Trinajstić information content (AvgIpc) is 2.87. The Bertz CT molecular complexity index is 920. The van der Waals surface area contributed by atoms with Crippen molar-refractivity contribution >= 4 is 23.1 Å². The number of ether oxygens (including phenoxy) is 1. The number of nitrogens with one attached hydrogen (secondary N) is 1. The largest absolute Gasteiger partial charge is 0.494 e. The summed E-state index contributed by atoms with van der Waals surface area (Å²) in [6.45, 7) is 6.62. The first-order valence-electron chi connectivity index (χ1n) is 9.27. The van der Waals surface area contributed by atoms with Crippen LogP contribution in [0.1, 0.15) is 26.3 Å². The van der Waals surface area contributed by atoms with E-state index in [1.54, 1.807) is 36.4 Å². The molecule has 0 spiro atoms. The molecular formula is C22H23FN2O3. The van der Waals surface area contributed by atoms with Crippen LogP contribution in [0.2, 0.25) is 0 Å². The topological polar surface area (TPSA) is 58.6 Å². The molecule has 28 heavy (non-hydrogen) atoms. The van der Waals surface area contributed by atoms with Crippen LogP contribution >= 0.6 is 0 Å². The van der Waals surface area contributed by atoms with Gasteiger partial charge in [0.15, 0.2) is 0 Å². The lowest BCUT2D eigenvalue weighted by Crippen LogP contribution is -2.35. The lowest BCUT2D eigenvalue weighted by Gasteiger charge is -2.17. The van der Waals surface area contributed by atoms with Crippen molar-refractivity contribution in [3.8, 4) is 5.75 Å². The van der Waals surface area contributed by atoms with Gasteiger partial charge in [0, 0.05) is 12.2 Å². The van der Waals surface area contributed by atoms with Crippen molar-refractivity contribution in [2.24, 2.45) is 5.92 Å². The molecule has 0 aliphatic carbocycles. The van der Waals surface area contributed by atoms with Gasteiger partial charge >= 0.3 is 0 Å². The first-order valence-corrected chi connectivity index (χ1v) is 9.27. The Balaban J connectivity index is 2.03. The van der Waals surface area contributed by atoms with Gasteiger partial charge in [0.1, 0.15) is 17.3 Å². The second kappa shape index (κ2) is 8.25. The Morgan fingerprint density at radius 2 is 1.79 bits per heavy atom. The molecule has 0 aromatic heterocycles. The monoisotopic (exact) mass is 382 g/mol. The maximum absolute atomic E-state index is 13.6. The summed E-state index contributed by atoms with van der Waals surface area (Å²) in [5.41, 5.74) is 1.44. The number of carbonyl (C=O) groups is 2. The summed E-state index contributed by atoms with van der Waals surface area (Å²) in [6.07, 6.45) is 0. The van der Waals surface area contributed by atoms with Crippen molar-refractivity contribution in [2.45, 2.75) is 20.8 Å². The highest BCUT2D eigenvalue weighted by molar-refractivity contribution is 6.36. The van der Waals surface area contributed by atoms with Gasteiger partial charge in [-0.2, -0.15) is 0 Å². The summed E-state index contributed by atoms with van der Waals surface area (Å²) in [7, 11) is 0. The van der Waals surface area contributed by atoms with E-state index in [9.17, 15) is 14.0 Å². The number of hydrogen-bond acceptors (Lipinski definition) is 4. The Kier molecular flexibility index (Phi) is 5.78. The van der Waals surface area contributed by atoms with Crippen LogP contribution in [-0.4, -0.2) is 29.9 Å². The molecule has 5 nitrogen and oxygen atoms in total. The lowest BCUT2D eigenvalue weighted by atomic mass is 10.0. The van der Waals surface area contributed by atoms with E-state index in [2.05, 4.69) is 5.32 Å². The summed E-state index contributed by atoms with van der Waals surface area (Å²) >= 11 is 0. The van der Waals surface area contributed by atoms with Crippen LogP contribution in [0.15, 0.2) is 54.2 Å². The molecule has 0 fully saturated rings. The SMILES string of the molecule is CCOc1ccc(C2=C(Nc3cccc(F)c3)C(=O)N(CC(C)C)C2=O)cc1. The highest BCUT2D eigenvalue weighted by Gasteiger charge is 2.39. The lowest BCUT2D eigenvalue weighted by molar-refractivity contribution is -0.137. The van der Waals surface area contributed by atoms with Crippen molar-refractivity contribution in [1.29, 1.82) is 0 Å².